The van der Waals surface area contributed by atoms with Crippen molar-refractivity contribution >= 4 is 27.3 Å². The van der Waals surface area contributed by atoms with Crippen LogP contribution in [0.1, 0.15) is 16.8 Å². The summed E-state index contributed by atoms with van der Waals surface area (Å²) in [6, 6.07) is 6.65. The van der Waals surface area contributed by atoms with Crippen LogP contribution < -0.4 is 15.5 Å². The molecule has 23 heavy (non-hydrogen) atoms. The highest BCUT2D eigenvalue weighted by Gasteiger charge is 2.28. The number of rotatable bonds is 5. The van der Waals surface area contributed by atoms with Crippen LogP contribution in [0.5, 0.6) is 0 Å². The van der Waals surface area contributed by atoms with Gasteiger partial charge in [0.25, 0.3) is 5.91 Å². The van der Waals surface area contributed by atoms with Crippen molar-refractivity contribution in [2.24, 2.45) is 0 Å². The van der Waals surface area contributed by atoms with Gasteiger partial charge in [0, 0.05) is 31.4 Å². The van der Waals surface area contributed by atoms with Crippen LogP contribution in [0.4, 0.5) is 5.69 Å². The van der Waals surface area contributed by atoms with Gasteiger partial charge < -0.3 is 15.5 Å². The number of anilines is 1. The van der Waals surface area contributed by atoms with E-state index in [1.807, 2.05) is 31.1 Å². The van der Waals surface area contributed by atoms with Crippen LogP contribution in [0.2, 0.25) is 0 Å². The summed E-state index contributed by atoms with van der Waals surface area (Å²) in [5, 5.41) is 5.15. The zero-order valence-corrected chi connectivity index (χ0v) is 14.0. The van der Waals surface area contributed by atoms with Gasteiger partial charge in [-0.15, -0.1) is 0 Å². The van der Waals surface area contributed by atoms with Gasteiger partial charge in [0.15, 0.2) is 9.84 Å². The average Bonchev–Trinajstić information content (AvgIpc) is 2.83. The van der Waals surface area contributed by atoms with Crippen LogP contribution in [0, 0.1) is 0 Å². The van der Waals surface area contributed by atoms with Crippen molar-refractivity contribution in [3.63, 3.8) is 0 Å². The largest absolute Gasteiger partial charge is 0.378 e. The van der Waals surface area contributed by atoms with E-state index in [1.165, 1.54) is 0 Å². The second-order valence-corrected chi connectivity index (χ2v) is 8.02. The van der Waals surface area contributed by atoms with Crippen LogP contribution in [-0.4, -0.2) is 58.4 Å². The van der Waals surface area contributed by atoms with Gasteiger partial charge in [0.05, 0.1) is 18.1 Å². The van der Waals surface area contributed by atoms with E-state index in [0.29, 0.717) is 12.0 Å². The maximum absolute atomic E-state index is 12.0. The first kappa shape index (κ1) is 17.3. The minimum atomic E-state index is -3.03. The Hall–Kier alpha value is -2.09. The van der Waals surface area contributed by atoms with E-state index in [-0.39, 0.29) is 35.9 Å². The number of amides is 2. The summed E-state index contributed by atoms with van der Waals surface area (Å²) >= 11 is 0. The Kier molecular flexibility index (Phi) is 5.25. The molecule has 1 aliphatic heterocycles. The highest BCUT2D eigenvalue weighted by Crippen LogP contribution is 2.12. The smallest absolute Gasteiger partial charge is 0.251 e. The lowest BCUT2D eigenvalue weighted by molar-refractivity contribution is -0.120. The number of nitrogens with one attached hydrogen (secondary N) is 2. The maximum atomic E-state index is 12.0. The minimum Gasteiger partial charge on any atom is -0.378 e. The van der Waals surface area contributed by atoms with Gasteiger partial charge in [-0.2, -0.15) is 0 Å². The fourth-order valence-electron chi connectivity index (χ4n) is 2.36. The molecule has 1 heterocycles. The van der Waals surface area contributed by atoms with E-state index in [2.05, 4.69) is 10.6 Å². The molecule has 0 spiro atoms. The van der Waals surface area contributed by atoms with E-state index in [0.717, 1.165) is 5.69 Å². The Balaban J connectivity index is 1.81. The maximum Gasteiger partial charge on any atom is 0.251 e. The van der Waals surface area contributed by atoms with Crippen LogP contribution >= 0.6 is 0 Å². The summed E-state index contributed by atoms with van der Waals surface area (Å²) in [7, 11) is 0.778. The molecule has 1 fully saturated rings. The summed E-state index contributed by atoms with van der Waals surface area (Å²) in [4.78, 5) is 25.7. The van der Waals surface area contributed by atoms with Crippen molar-refractivity contribution in [2.45, 2.75) is 12.5 Å². The van der Waals surface area contributed by atoms with E-state index < -0.39 is 9.84 Å². The summed E-state index contributed by atoms with van der Waals surface area (Å²) in [5.41, 5.74) is 1.44. The molecule has 0 aromatic heterocycles. The molecular formula is C15H21N3O4S. The second-order valence-electron chi connectivity index (χ2n) is 5.79. The molecule has 2 rings (SSSR count). The lowest BCUT2D eigenvalue weighted by Crippen LogP contribution is -2.42. The topological polar surface area (TPSA) is 95.6 Å². The number of nitrogens with zero attached hydrogens (tertiary/aromatic N) is 1. The Labute approximate surface area is 136 Å². The van der Waals surface area contributed by atoms with Crippen LogP contribution in [-0.2, 0) is 14.6 Å². The van der Waals surface area contributed by atoms with Gasteiger partial charge in [-0.1, -0.05) is 0 Å². The lowest BCUT2D eigenvalue weighted by Gasteiger charge is -2.13. The van der Waals surface area contributed by atoms with E-state index in [4.69, 9.17) is 0 Å². The first-order valence-corrected chi connectivity index (χ1v) is 9.14. The van der Waals surface area contributed by atoms with Crippen molar-refractivity contribution in [3.05, 3.63) is 29.8 Å². The molecule has 1 unspecified atom stereocenters. The molecule has 1 saturated heterocycles. The van der Waals surface area contributed by atoms with E-state index in [1.54, 1.807) is 12.1 Å². The predicted octanol–water partition coefficient (Wildman–Crippen LogP) is -0.214. The monoisotopic (exact) mass is 339 g/mol. The quantitative estimate of drug-likeness (QED) is 0.774. The zero-order chi connectivity index (χ0) is 17.0. The summed E-state index contributed by atoms with van der Waals surface area (Å²) in [5.74, 6) is -0.656. The number of hydrogen-bond donors (Lipinski definition) is 2. The van der Waals surface area contributed by atoms with E-state index >= 15 is 0 Å². The zero-order valence-electron chi connectivity index (χ0n) is 13.2. The normalized spacial score (nSPS) is 19.1. The molecule has 1 atom stereocenters. The highest BCUT2D eigenvalue weighted by molar-refractivity contribution is 7.91. The number of benzene rings is 1. The third kappa shape index (κ3) is 4.95. The molecule has 2 amide bonds. The molecule has 126 valence electrons. The molecule has 0 bridgehead atoms. The van der Waals surface area contributed by atoms with Gasteiger partial charge in [-0.25, -0.2) is 8.42 Å². The lowest BCUT2D eigenvalue weighted by atomic mass is 10.2. The van der Waals surface area contributed by atoms with Gasteiger partial charge in [-0.3, -0.25) is 9.59 Å². The van der Waals surface area contributed by atoms with Crippen LogP contribution in [0.3, 0.4) is 0 Å². The third-order valence-corrected chi connectivity index (χ3v) is 5.42. The summed E-state index contributed by atoms with van der Waals surface area (Å²) in [6.45, 7) is -0.176. The molecule has 1 aliphatic rings. The molecule has 1 aromatic carbocycles. The number of sulfone groups is 1. The van der Waals surface area contributed by atoms with E-state index in [9.17, 15) is 18.0 Å². The Morgan fingerprint density at radius 3 is 2.39 bits per heavy atom. The molecule has 0 saturated carbocycles. The van der Waals surface area contributed by atoms with Crippen LogP contribution in [0.25, 0.3) is 0 Å². The number of carbonyl (C=O) groups excluding carboxylic acids is 2. The Morgan fingerprint density at radius 1 is 1.22 bits per heavy atom. The van der Waals surface area contributed by atoms with Gasteiger partial charge >= 0.3 is 0 Å². The first-order chi connectivity index (χ1) is 10.8. The molecule has 8 heteroatoms. The van der Waals surface area contributed by atoms with Crippen LogP contribution in [0.15, 0.2) is 24.3 Å². The predicted molar refractivity (Wildman–Crippen MR) is 88.3 cm³/mol. The minimum absolute atomic E-state index is 0.0291. The molecule has 2 N–H and O–H groups in total. The second kappa shape index (κ2) is 6.99. The molecule has 0 aliphatic carbocycles. The Bertz CT molecular complexity index is 683. The molecule has 7 nitrogen and oxygen atoms in total. The SMILES string of the molecule is CN(C)c1ccc(C(=O)NCC(=O)NC2CCS(=O)(=O)C2)cc1. The fraction of sp³-hybridized carbons (Fsp3) is 0.467. The fourth-order valence-corrected chi connectivity index (χ4v) is 4.03. The number of hydrogen-bond acceptors (Lipinski definition) is 5. The van der Waals surface area contributed by atoms with Gasteiger partial charge in [-0.05, 0) is 30.7 Å². The Morgan fingerprint density at radius 2 is 1.87 bits per heavy atom. The van der Waals surface area contributed by atoms with Crippen molar-refractivity contribution in [3.8, 4) is 0 Å². The molecular weight excluding hydrogens is 318 g/mol. The molecule has 0 radical (unpaired) electrons. The first-order valence-electron chi connectivity index (χ1n) is 7.32. The number of carbonyl (C=O) groups is 2. The standard InChI is InChI=1S/C15H21N3O4S/c1-18(2)13-5-3-11(4-6-13)15(20)16-9-14(19)17-12-7-8-23(21,22)10-12/h3-6,12H,7-10H2,1-2H3,(H,16,20)(H,17,19). The van der Waals surface area contributed by atoms with Crippen molar-refractivity contribution < 1.29 is 18.0 Å². The van der Waals surface area contributed by atoms with Crippen molar-refractivity contribution in [2.75, 3.05) is 37.0 Å². The van der Waals surface area contributed by atoms with Gasteiger partial charge in [0.2, 0.25) is 5.91 Å². The van der Waals surface area contributed by atoms with Crippen molar-refractivity contribution in [1.82, 2.24) is 10.6 Å². The molecule has 1 aromatic rings. The summed E-state index contributed by atoms with van der Waals surface area (Å²) < 4.78 is 22.6. The summed E-state index contributed by atoms with van der Waals surface area (Å²) in [6.07, 6.45) is 0.425. The third-order valence-electron chi connectivity index (χ3n) is 3.65. The van der Waals surface area contributed by atoms with Crippen molar-refractivity contribution in [1.29, 1.82) is 0 Å². The highest BCUT2D eigenvalue weighted by atomic mass is 32.2. The average molecular weight is 339 g/mol. The van der Waals surface area contributed by atoms with Gasteiger partial charge in [0.1, 0.15) is 0 Å².